The molecule has 0 radical (unpaired) electrons. The van der Waals surface area contributed by atoms with Crippen LogP contribution in [-0.4, -0.2) is 19.3 Å². The van der Waals surface area contributed by atoms with Crippen LogP contribution in [0, 0.1) is 0 Å². The smallest absolute Gasteiger partial charge is 0.407 e. The van der Waals surface area contributed by atoms with E-state index in [1.165, 1.54) is 0 Å². The summed E-state index contributed by atoms with van der Waals surface area (Å²) in [6, 6.07) is 0. The highest BCUT2D eigenvalue weighted by Crippen LogP contribution is 2.14. The summed E-state index contributed by atoms with van der Waals surface area (Å²) in [5, 5.41) is 0.596. The summed E-state index contributed by atoms with van der Waals surface area (Å²) in [5.41, 5.74) is 0. The van der Waals surface area contributed by atoms with Gasteiger partial charge < -0.3 is 8.32 Å². The maximum Gasteiger partial charge on any atom is 0.598 e. The van der Waals surface area contributed by atoms with Crippen LogP contribution in [0.1, 0.15) is 19.3 Å². The highest BCUT2D eigenvalue weighted by atomic mass is 27.2. The Morgan fingerprint density at radius 2 is 2.25 bits per heavy atom. The van der Waals surface area contributed by atoms with Crippen LogP contribution in [0.2, 0.25) is 5.28 Å². The van der Waals surface area contributed by atoms with Crippen molar-refractivity contribution in [3.05, 3.63) is 0 Å². The molecule has 0 aromatic carbocycles. The van der Waals surface area contributed by atoms with Crippen LogP contribution < -0.4 is 0 Å². The lowest BCUT2D eigenvalue weighted by Crippen LogP contribution is -2.23. The Morgan fingerprint density at radius 3 is 2.62 bits per heavy atom. The Bertz CT molecular complexity index is 105. The zero-order valence-corrected chi connectivity index (χ0v) is 5.85. The van der Waals surface area contributed by atoms with Crippen LogP contribution in [0.25, 0.3) is 0 Å². The highest BCUT2D eigenvalue weighted by molar-refractivity contribution is 6.85. The predicted molar refractivity (Wildman–Crippen MR) is 30.5 cm³/mol. The van der Waals surface area contributed by atoms with Crippen molar-refractivity contribution in [2.45, 2.75) is 24.5 Å². The number of halogens is 1. The third-order valence-corrected chi connectivity index (χ3v) is 3.38. The summed E-state index contributed by atoms with van der Waals surface area (Å²) in [6.07, 6.45) is 2.39. The number of rotatable bonds is 0. The van der Waals surface area contributed by atoms with Crippen molar-refractivity contribution in [2.75, 3.05) is 0 Å². The molecule has 0 unspecified atom stereocenters. The van der Waals surface area contributed by atoms with E-state index in [1.54, 1.807) is 0 Å². The van der Waals surface area contributed by atoms with E-state index in [1.807, 2.05) is 0 Å². The average Bonchev–Trinajstić information content (AvgIpc) is 1.77. The second kappa shape index (κ2) is 2.61. The van der Waals surface area contributed by atoms with Gasteiger partial charge in [-0.25, -0.2) is 0 Å². The molecule has 44 valence electrons. The van der Waals surface area contributed by atoms with Crippen LogP contribution >= 0.6 is 0 Å². The van der Waals surface area contributed by atoms with Gasteiger partial charge in [0.2, 0.25) is 0 Å². The van der Waals surface area contributed by atoms with Gasteiger partial charge in [-0.05, 0) is 12.8 Å². The van der Waals surface area contributed by atoms with E-state index in [0.717, 1.165) is 12.8 Å². The molecule has 0 bridgehead atoms. The molecule has 1 saturated heterocycles. The van der Waals surface area contributed by atoms with Gasteiger partial charge in [0.05, 0.1) is 0 Å². The fourth-order valence-corrected chi connectivity index (χ4v) is 2.43. The van der Waals surface area contributed by atoms with Gasteiger partial charge in [-0.2, -0.15) is 0 Å². The van der Waals surface area contributed by atoms with Crippen LogP contribution in [0.4, 0.5) is 3.52 Å². The standard InChI is InChI=1S/C5H8O.Al.FH/c1-2-3-4-5-6;;/h1-4H2;;1H/q;+1;/p-1. The second-order valence-electron chi connectivity index (χ2n) is 2.18. The first-order chi connectivity index (χ1) is 3.80. The molecule has 1 aliphatic rings. The first kappa shape index (κ1) is 6.26. The summed E-state index contributed by atoms with van der Waals surface area (Å²) in [5.74, 6) is 0. The number of hydrogen-bond acceptors (Lipinski definition) is 1. The molecule has 8 heavy (non-hydrogen) atoms. The third kappa shape index (κ3) is 1.30. The molecule has 0 N–H and O–H groups in total. The molecule has 0 spiro atoms. The van der Waals surface area contributed by atoms with Crippen LogP contribution in [0.15, 0.2) is 0 Å². The molecule has 1 heterocycles. The second-order valence-corrected chi connectivity index (χ2v) is 4.34. The van der Waals surface area contributed by atoms with Gasteiger partial charge in [-0.3, -0.25) is 0 Å². The minimum absolute atomic E-state index is 0.0590. The number of carbonyl (C=O) groups excluding carboxylic acids is 1. The van der Waals surface area contributed by atoms with E-state index in [4.69, 9.17) is 0 Å². The van der Waals surface area contributed by atoms with E-state index >= 15 is 0 Å². The quantitative estimate of drug-likeness (QED) is 0.451. The maximum atomic E-state index is 12.4. The summed E-state index contributed by atoms with van der Waals surface area (Å²) >= 11 is -2.33. The van der Waals surface area contributed by atoms with Gasteiger partial charge in [0.1, 0.15) is 4.65 Å². The Balaban J connectivity index is 2.39. The zero-order chi connectivity index (χ0) is 5.98. The van der Waals surface area contributed by atoms with Gasteiger partial charge in [-0.15, -0.1) is 0 Å². The molecule has 1 aliphatic heterocycles. The molecule has 1 fully saturated rings. The summed E-state index contributed by atoms with van der Waals surface area (Å²) in [4.78, 5) is 10.5. The van der Waals surface area contributed by atoms with Crippen molar-refractivity contribution in [2.24, 2.45) is 0 Å². The predicted octanol–water partition coefficient (Wildman–Crippen LogP) is 1.24. The highest BCUT2D eigenvalue weighted by Gasteiger charge is 2.31. The lowest BCUT2D eigenvalue weighted by molar-refractivity contribution is -0.113. The van der Waals surface area contributed by atoms with Crippen LogP contribution in [0.3, 0.4) is 0 Å². The topological polar surface area (TPSA) is 17.1 Å². The van der Waals surface area contributed by atoms with Gasteiger partial charge in [0, 0.05) is 0 Å². The SMILES string of the molecule is O=[C]1CCC[CH2][Al]1[F]. The Morgan fingerprint density at radius 1 is 1.50 bits per heavy atom. The Kier molecular flexibility index (Phi) is 2.04. The molecule has 0 aromatic rings. The molecule has 0 amide bonds. The van der Waals surface area contributed by atoms with Crippen molar-refractivity contribution in [3.8, 4) is 0 Å². The normalized spacial score (nSPS) is 21.6. The van der Waals surface area contributed by atoms with Crippen molar-refractivity contribution >= 4 is 19.3 Å². The summed E-state index contributed by atoms with van der Waals surface area (Å²) in [7, 11) is 0. The molecule has 0 aliphatic carbocycles. The molecular formula is C5H8AlFO. The van der Waals surface area contributed by atoms with E-state index in [9.17, 15) is 8.32 Å². The molecule has 0 aromatic heterocycles. The third-order valence-electron chi connectivity index (χ3n) is 1.48. The maximum absolute atomic E-state index is 12.4. The molecule has 0 saturated carbocycles. The number of carbonyl (C=O) groups is 1. The van der Waals surface area contributed by atoms with E-state index in [0.29, 0.717) is 11.7 Å². The zero-order valence-electron chi connectivity index (χ0n) is 4.69. The lowest BCUT2D eigenvalue weighted by atomic mass is 10.3. The van der Waals surface area contributed by atoms with Crippen molar-refractivity contribution in [1.82, 2.24) is 0 Å². The summed E-state index contributed by atoms with van der Waals surface area (Å²) in [6.45, 7) is 0. The van der Waals surface area contributed by atoms with Crippen LogP contribution in [-0.2, 0) is 4.79 Å². The Hall–Kier alpha value is 0.132. The van der Waals surface area contributed by atoms with Gasteiger partial charge in [0.25, 0.3) is 0 Å². The first-order valence-corrected chi connectivity index (χ1v) is 4.80. The van der Waals surface area contributed by atoms with Crippen molar-refractivity contribution < 1.29 is 8.32 Å². The van der Waals surface area contributed by atoms with E-state index < -0.39 is 14.6 Å². The summed E-state index contributed by atoms with van der Waals surface area (Å²) < 4.78 is 12.3. The molecule has 3 heteroatoms. The first-order valence-electron chi connectivity index (χ1n) is 2.97. The fourth-order valence-electron chi connectivity index (χ4n) is 0.940. The molecule has 1 nitrogen and oxygen atoms in total. The average molecular weight is 130 g/mol. The number of hydrogen-bond donors (Lipinski definition) is 0. The molecule has 1 rings (SSSR count). The molecular weight excluding hydrogens is 122 g/mol. The molecule has 0 atom stereocenters. The van der Waals surface area contributed by atoms with Gasteiger partial charge in [-0.1, -0.05) is 11.7 Å². The van der Waals surface area contributed by atoms with Crippen molar-refractivity contribution in [3.63, 3.8) is 0 Å². The van der Waals surface area contributed by atoms with E-state index in [2.05, 4.69) is 0 Å². The van der Waals surface area contributed by atoms with Crippen LogP contribution in [0.5, 0.6) is 0 Å². The Labute approximate surface area is 52.7 Å². The van der Waals surface area contributed by atoms with Gasteiger partial charge >= 0.3 is 14.6 Å². The van der Waals surface area contributed by atoms with E-state index in [-0.39, 0.29) is 4.65 Å². The largest absolute Gasteiger partial charge is 0.598 e. The lowest BCUT2D eigenvalue weighted by Gasteiger charge is -2.06. The fraction of sp³-hybridized carbons (Fsp3) is 0.800. The monoisotopic (exact) mass is 130 g/mol. The minimum atomic E-state index is -2.33. The minimum Gasteiger partial charge on any atom is -0.407 e. The van der Waals surface area contributed by atoms with Crippen molar-refractivity contribution in [1.29, 1.82) is 0 Å². The van der Waals surface area contributed by atoms with Gasteiger partial charge in [0.15, 0.2) is 0 Å².